The number of pyridine rings is 1. The molecule has 0 aliphatic heterocycles. The summed E-state index contributed by atoms with van der Waals surface area (Å²) in [4.78, 5) is 18.9. The molecule has 0 amide bonds. The second kappa shape index (κ2) is 9.61. The van der Waals surface area contributed by atoms with E-state index in [4.69, 9.17) is 15.0 Å². The van der Waals surface area contributed by atoms with Gasteiger partial charge in [-0.15, -0.1) is 11.3 Å². The van der Waals surface area contributed by atoms with Crippen LogP contribution in [-0.4, -0.2) is 48.9 Å². The number of aromatic nitrogens is 4. The molecule has 1 saturated carbocycles. The fraction of sp³-hybridized carbons (Fsp3) is 0.360. The highest BCUT2D eigenvalue weighted by atomic mass is 32.1. The van der Waals surface area contributed by atoms with Crippen LogP contribution in [0.2, 0.25) is 0 Å². The van der Waals surface area contributed by atoms with Crippen LogP contribution in [0.25, 0.3) is 20.8 Å². The fourth-order valence-electron chi connectivity index (χ4n) is 4.47. The monoisotopic (exact) mass is 476 g/mol. The van der Waals surface area contributed by atoms with Gasteiger partial charge in [0.15, 0.2) is 0 Å². The van der Waals surface area contributed by atoms with Gasteiger partial charge in [0.1, 0.15) is 10.8 Å². The lowest BCUT2D eigenvalue weighted by Crippen LogP contribution is -2.19. The molecule has 4 N–H and O–H groups in total. The number of thiazole rings is 1. The molecule has 9 heteroatoms. The SMILES string of the molecule is Cc1cccc(CNc2nc(C)c(-c3nc4ccccc4s3)c(NC3C[C@H](CO)[C@@H](O)C3)n2)n1. The molecule has 0 radical (unpaired) electrons. The molecule has 4 aromatic rings. The van der Waals surface area contributed by atoms with E-state index in [1.54, 1.807) is 11.3 Å². The number of nitrogens with one attached hydrogen (secondary N) is 2. The molecule has 1 unspecified atom stereocenters. The summed E-state index contributed by atoms with van der Waals surface area (Å²) in [6.07, 6.45) is 0.709. The summed E-state index contributed by atoms with van der Waals surface area (Å²) < 4.78 is 1.10. The molecule has 1 fully saturated rings. The molecule has 0 spiro atoms. The van der Waals surface area contributed by atoms with E-state index in [1.807, 2.05) is 50.2 Å². The number of anilines is 2. The van der Waals surface area contributed by atoms with E-state index >= 15 is 0 Å². The summed E-state index contributed by atoms with van der Waals surface area (Å²) in [6.45, 7) is 4.41. The number of fused-ring (bicyclic) bond motifs is 1. The van der Waals surface area contributed by atoms with Gasteiger partial charge in [0, 0.05) is 24.3 Å². The quantitative estimate of drug-likeness (QED) is 0.317. The summed E-state index contributed by atoms with van der Waals surface area (Å²) in [5.74, 6) is 1.06. The summed E-state index contributed by atoms with van der Waals surface area (Å²) in [7, 11) is 0. The van der Waals surface area contributed by atoms with E-state index in [0.717, 1.165) is 37.9 Å². The molecular weight excluding hydrogens is 448 g/mol. The lowest BCUT2D eigenvalue weighted by molar-refractivity contribution is 0.0908. The van der Waals surface area contributed by atoms with Crippen molar-refractivity contribution in [3.05, 3.63) is 59.5 Å². The number of aliphatic hydroxyl groups excluding tert-OH is 2. The van der Waals surface area contributed by atoms with E-state index in [-0.39, 0.29) is 18.6 Å². The molecule has 8 nitrogen and oxygen atoms in total. The highest BCUT2D eigenvalue weighted by Gasteiger charge is 2.33. The van der Waals surface area contributed by atoms with Gasteiger partial charge in [-0.25, -0.2) is 9.97 Å². The third-order valence-electron chi connectivity index (χ3n) is 6.20. The molecule has 0 saturated heterocycles. The van der Waals surface area contributed by atoms with Gasteiger partial charge in [-0.3, -0.25) is 4.98 Å². The molecule has 3 aromatic heterocycles. The van der Waals surface area contributed by atoms with E-state index in [2.05, 4.69) is 21.7 Å². The molecule has 176 valence electrons. The Hall–Kier alpha value is -3.14. The Balaban J connectivity index is 1.49. The van der Waals surface area contributed by atoms with Gasteiger partial charge in [0.25, 0.3) is 0 Å². The Kier molecular flexibility index (Phi) is 6.40. The summed E-state index contributed by atoms with van der Waals surface area (Å²) >= 11 is 1.61. The predicted octanol–water partition coefficient (Wildman–Crippen LogP) is 3.92. The Bertz CT molecular complexity index is 1280. The average Bonchev–Trinajstić information content (AvgIpc) is 3.40. The van der Waals surface area contributed by atoms with Crippen LogP contribution in [0.1, 0.15) is 29.9 Å². The highest BCUT2D eigenvalue weighted by Crippen LogP contribution is 2.38. The van der Waals surface area contributed by atoms with Crippen LogP contribution < -0.4 is 10.6 Å². The van der Waals surface area contributed by atoms with Crippen molar-refractivity contribution in [3.63, 3.8) is 0 Å². The van der Waals surface area contributed by atoms with Crippen LogP contribution in [0.4, 0.5) is 11.8 Å². The topological polar surface area (TPSA) is 116 Å². The van der Waals surface area contributed by atoms with E-state index in [1.165, 1.54) is 0 Å². The third kappa shape index (κ3) is 4.72. The molecule has 5 rings (SSSR count). The fourth-order valence-corrected chi connectivity index (χ4v) is 5.53. The average molecular weight is 477 g/mol. The minimum Gasteiger partial charge on any atom is -0.396 e. The van der Waals surface area contributed by atoms with Crippen molar-refractivity contribution < 1.29 is 10.2 Å². The number of aliphatic hydroxyl groups is 2. The third-order valence-corrected chi connectivity index (χ3v) is 7.26. The van der Waals surface area contributed by atoms with Crippen LogP contribution in [0.5, 0.6) is 0 Å². The summed E-state index contributed by atoms with van der Waals surface area (Å²) in [5, 5.41) is 27.6. The van der Waals surface area contributed by atoms with Gasteiger partial charge >= 0.3 is 0 Å². The second-order valence-electron chi connectivity index (χ2n) is 8.79. The van der Waals surface area contributed by atoms with Crippen molar-refractivity contribution in [1.29, 1.82) is 0 Å². The van der Waals surface area contributed by atoms with Crippen LogP contribution >= 0.6 is 11.3 Å². The molecule has 34 heavy (non-hydrogen) atoms. The first kappa shape index (κ1) is 22.6. The largest absolute Gasteiger partial charge is 0.396 e. The lowest BCUT2D eigenvalue weighted by Gasteiger charge is -2.18. The van der Waals surface area contributed by atoms with Crippen molar-refractivity contribution in [1.82, 2.24) is 19.9 Å². The van der Waals surface area contributed by atoms with E-state index in [0.29, 0.717) is 31.2 Å². The van der Waals surface area contributed by atoms with Gasteiger partial charge in [-0.2, -0.15) is 4.98 Å². The van der Waals surface area contributed by atoms with E-state index < -0.39 is 6.10 Å². The van der Waals surface area contributed by atoms with Crippen molar-refractivity contribution in [2.45, 2.75) is 45.4 Å². The number of benzene rings is 1. The zero-order chi connectivity index (χ0) is 23.7. The number of hydrogen-bond acceptors (Lipinski definition) is 9. The number of rotatable bonds is 7. The zero-order valence-electron chi connectivity index (χ0n) is 19.2. The first-order chi connectivity index (χ1) is 16.5. The Morgan fingerprint density at radius 3 is 2.62 bits per heavy atom. The molecule has 0 bridgehead atoms. The van der Waals surface area contributed by atoms with Crippen LogP contribution in [-0.2, 0) is 6.54 Å². The molecule has 1 aromatic carbocycles. The first-order valence-corrected chi connectivity index (χ1v) is 12.3. The van der Waals surface area contributed by atoms with E-state index in [9.17, 15) is 10.2 Å². The maximum absolute atomic E-state index is 10.3. The van der Waals surface area contributed by atoms with Crippen molar-refractivity contribution >= 4 is 33.3 Å². The normalized spacial score (nSPS) is 20.1. The van der Waals surface area contributed by atoms with Crippen molar-refractivity contribution in [2.75, 3.05) is 17.2 Å². The summed E-state index contributed by atoms with van der Waals surface area (Å²) in [5.41, 5.74) is 4.49. The zero-order valence-corrected chi connectivity index (χ0v) is 20.0. The maximum atomic E-state index is 10.3. The molecule has 1 aliphatic carbocycles. The predicted molar refractivity (Wildman–Crippen MR) is 135 cm³/mol. The van der Waals surface area contributed by atoms with Gasteiger partial charge in [0.2, 0.25) is 5.95 Å². The Labute approximate surface area is 202 Å². The number of para-hydroxylation sites is 1. The second-order valence-corrected chi connectivity index (χ2v) is 9.82. The molecule has 1 aliphatic rings. The Morgan fingerprint density at radius 2 is 1.85 bits per heavy atom. The van der Waals surface area contributed by atoms with Gasteiger partial charge in [0.05, 0.1) is 39.8 Å². The highest BCUT2D eigenvalue weighted by molar-refractivity contribution is 7.21. The Morgan fingerprint density at radius 1 is 1.00 bits per heavy atom. The smallest absolute Gasteiger partial charge is 0.225 e. The lowest BCUT2D eigenvalue weighted by atomic mass is 10.1. The maximum Gasteiger partial charge on any atom is 0.225 e. The minimum absolute atomic E-state index is 0.000804. The molecule has 3 heterocycles. The molecule has 3 atom stereocenters. The number of hydrogen-bond donors (Lipinski definition) is 4. The van der Waals surface area contributed by atoms with Crippen molar-refractivity contribution in [3.8, 4) is 10.6 Å². The standard InChI is InChI=1S/C25H28N6O2S/c1-14-6-5-7-17(27-14)12-26-25-28-15(2)22(24-30-19-8-3-4-9-21(19)34-24)23(31-25)29-18-10-16(13-32)20(33)11-18/h3-9,16,18,20,32-33H,10-13H2,1-2H3,(H2,26,28,29,31)/t16-,18?,20+/m1/s1. The molecular formula is C25H28N6O2S. The van der Waals surface area contributed by atoms with Gasteiger partial charge in [-0.1, -0.05) is 18.2 Å². The van der Waals surface area contributed by atoms with Crippen LogP contribution in [0.15, 0.2) is 42.5 Å². The van der Waals surface area contributed by atoms with Crippen LogP contribution in [0, 0.1) is 19.8 Å². The minimum atomic E-state index is -0.527. The van der Waals surface area contributed by atoms with Crippen LogP contribution in [0.3, 0.4) is 0 Å². The van der Waals surface area contributed by atoms with Gasteiger partial charge < -0.3 is 20.8 Å². The first-order valence-electron chi connectivity index (χ1n) is 11.5. The van der Waals surface area contributed by atoms with Crippen molar-refractivity contribution in [2.24, 2.45) is 5.92 Å². The number of nitrogens with zero attached hydrogens (tertiary/aromatic N) is 4. The number of aryl methyl sites for hydroxylation is 2. The summed E-state index contributed by atoms with van der Waals surface area (Å²) in [6, 6.07) is 14.0. The van der Waals surface area contributed by atoms with Gasteiger partial charge in [-0.05, 0) is 51.0 Å².